The highest BCUT2D eigenvalue weighted by molar-refractivity contribution is 5.34. The molecule has 0 radical (unpaired) electrons. The molecule has 2 heterocycles. The van der Waals surface area contributed by atoms with Gasteiger partial charge in [0.2, 0.25) is 0 Å². The van der Waals surface area contributed by atoms with Crippen LogP contribution in [0.15, 0.2) is 73.1 Å². The predicted molar refractivity (Wildman–Crippen MR) is 121 cm³/mol. The van der Waals surface area contributed by atoms with Gasteiger partial charge < -0.3 is 9.84 Å². The van der Waals surface area contributed by atoms with E-state index in [9.17, 15) is 9.50 Å². The van der Waals surface area contributed by atoms with E-state index in [1.165, 1.54) is 18.6 Å². The van der Waals surface area contributed by atoms with Gasteiger partial charge in [-0.05, 0) is 42.7 Å². The van der Waals surface area contributed by atoms with Gasteiger partial charge >= 0.3 is 0 Å². The molecule has 1 unspecified atom stereocenters. The Morgan fingerprint density at radius 1 is 1.03 bits per heavy atom. The monoisotopic (exact) mass is 432 g/mol. The normalized spacial score (nSPS) is 25.4. The standard InChI is InChI=1S/C27H29FN2O2/c28-25-11-3-6-20(14-25)19-32-26-12-2-1-7-21(26)16-30-17-23-8-4-9-24(18-30)27(23,31)22-10-5-13-29-15-22/h1-3,5-7,10-15,23-24,31H,4,8-9,16-19H2/t23-,24+,27?. The minimum absolute atomic E-state index is 0.194. The number of hydrogen-bond acceptors (Lipinski definition) is 4. The molecule has 1 aliphatic heterocycles. The molecular formula is C27H29FN2O2. The third kappa shape index (κ3) is 4.15. The fourth-order valence-corrected chi connectivity index (χ4v) is 5.55. The first-order chi connectivity index (χ1) is 15.6. The Hall–Kier alpha value is -2.76. The van der Waals surface area contributed by atoms with E-state index in [0.717, 1.165) is 54.9 Å². The summed E-state index contributed by atoms with van der Waals surface area (Å²) < 4.78 is 19.6. The molecular weight excluding hydrogens is 403 g/mol. The van der Waals surface area contributed by atoms with Crippen LogP contribution in [0.25, 0.3) is 0 Å². The van der Waals surface area contributed by atoms with Gasteiger partial charge in [0.25, 0.3) is 0 Å². The summed E-state index contributed by atoms with van der Waals surface area (Å²) in [6.07, 6.45) is 6.81. The van der Waals surface area contributed by atoms with E-state index in [4.69, 9.17) is 4.74 Å². The second-order valence-electron chi connectivity index (χ2n) is 9.11. The molecule has 1 saturated carbocycles. The van der Waals surface area contributed by atoms with Gasteiger partial charge in [-0.1, -0.05) is 42.8 Å². The summed E-state index contributed by atoms with van der Waals surface area (Å²) in [6.45, 7) is 2.80. The summed E-state index contributed by atoms with van der Waals surface area (Å²) in [6, 6.07) is 18.5. The molecule has 2 fully saturated rings. The van der Waals surface area contributed by atoms with E-state index in [-0.39, 0.29) is 17.7 Å². The molecule has 0 amide bonds. The van der Waals surface area contributed by atoms with Crippen molar-refractivity contribution in [1.29, 1.82) is 0 Å². The second-order valence-corrected chi connectivity index (χ2v) is 9.11. The smallest absolute Gasteiger partial charge is 0.124 e. The maximum atomic E-state index is 13.5. The van der Waals surface area contributed by atoms with Gasteiger partial charge in [0.15, 0.2) is 0 Å². The van der Waals surface area contributed by atoms with Crippen LogP contribution in [0.4, 0.5) is 4.39 Å². The molecule has 1 saturated heterocycles. The lowest BCUT2D eigenvalue weighted by Crippen LogP contribution is -2.57. The highest BCUT2D eigenvalue weighted by atomic mass is 19.1. The minimum atomic E-state index is -0.795. The third-order valence-corrected chi connectivity index (χ3v) is 7.08. The van der Waals surface area contributed by atoms with Crippen molar-refractivity contribution in [3.05, 3.63) is 95.6 Å². The molecule has 2 aliphatic rings. The minimum Gasteiger partial charge on any atom is -0.489 e. The summed E-state index contributed by atoms with van der Waals surface area (Å²) in [5.41, 5.74) is 2.09. The number of nitrogens with zero attached hydrogens (tertiary/aromatic N) is 2. The molecule has 1 aliphatic carbocycles. The molecule has 0 spiro atoms. The van der Waals surface area contributed by atoms with Crippen LogP contribution < -0.4 is 4.74 Å². The Morgan fingerprint density at radius 3 is 2.59 bits per heavy atom. The summed E-state index contributed by atoms with van der Waals surface area (Å²) in [7, 11) is 0. The zero-order chi connectivity index (χ0) is 22.0. The number of piperidine rings is 1. The average Bonchev–Trinajstić information content (AvgIpc) is 2.80. The summed E-state index contributed by atoms with van der Waals surface area (Å²) >= 11 is 0. The highest BCUT2D eigenvalue weighted by Crippen LogP contribution is 2.49. The van der Waals surface area contributed by atoms with Crippen LogP contribution in [0.5, 0.6) is 5.75 Å². The third-order valence-electron chi connectivity index (χ3n) is 7.08. The first-order valence-electron chi connectivity index (χ1n) is 11.4. The number of pyridine rings is 1. The Balaban J connectivity index is 1.31. The van der Waals surface area contributed by atoms with Crippen LogP contribution in [0, 0.1) is 17.7 Å². The molecule has 1 aromatic heterocycles. The van der Waals surface area contributed by atoms with E-state index in [1.807, 2.05) is 42.6 Å². The molecule has 2 bridgehead atoms. The molecule has 2 aromatic carbocycles. The fourth-order valence-electron chi connectivity index (χ4n) is 5.55. The first-order valence-corrected chi connectivity index (χ1v) is 11.4. The van der Waals surface area contributed by atoms with Gasteiger partial charge in [0.05, 0.1) is 5.60 Å². The number of rotatable bonds is 6. The Morgan fingerprint density at radius 2 is 1.84 bits per heavy atom. The van der Waals surface area contributed by atoms with Gasteiger partial charge in [-0.25, -0.2) is 4.39 Å². The van der Waals surface area contributed by atoms with Crippen molar-refractivity contribution in [3.63, 3.8) is 0 Å². The van der Waals surface area contributed by atoms with Crippen LogP contribution in [0.1, 0.15) is 36.0 Å². The molecule has 3 atom stereocenters. The van der Waals surface area contributed by atoms with Gasteiger partial charge in [0, 0.05) is 55.0 Å². The number of benzene rings is 2. The molecule has 32 heavy (non-hydrogen) atoms. The van der Waals surface area contributed by atoms with Crippen LogP contribution in [0.2, 0.25) is 0 Å². The molecule has 5 heteroatoms. The fraction of sp³-hybridized carbons (Fsp3) is 0.370. The Kier molecular flexibility index (Phi) is 5.94. The average molecular weight is 433 g/mol. The summed E-state index contributed by atoms with van der Waals surface area (Å²) in [5, 5.41) is 11.8. The van der Waals surface area contributed by atoms with Gasteiger partial charge in [-0.15, -0.1) is 0 Å². The topological polar surface area (TPSA) is 45.6 Å². The number of likely N-dealkylation sites (tertiary alicyclic amines) is 1. The number of aliphatic hydroxyl groups is 1. The number of fused-ring (bicyclic) bond motifs is 2. The van der Waals surface area contributed by atoms with Crippen molar-refractivity contribution in [2.24, 2.45) is 11.8 Å². The van der Waals surface area contributed by atoms with Crippen molar-refractivity contribution < 1.29 is 14.2 Å². The summed E-state index contributed by atoms with van der Waals surface area (Å²) in [4.78, 5) is 6.72. The van der Waals surface area contributed by atoms with Crippen molar-refractivity contribution in [3.8, 4) is 5.75 Å². The van der Waals surface area contributed by atoms with Crippen LogP contribution in [0.3, 0.4) is 0 Å². The Bertz CT molecular complexity index is 1040. The Labute approximate surface area is 188 Å². The molecule has 5 rings (SSSR count). The van der Waals surface area contributed by atoms with E-state index in [0.29, 0.717) is 6.61 Å². The van der Waals surface area contributed by atoms with Gasteiger partial charge in [-0.3, -0.25) is 9.88 Å². The van der Waals surface area contributed by atoms with Crippen molar-refractivity contribution in [2.75, 3.05) is 13.1 Å². The molecule has 166 valence electrons. The number of aromatic nitrogens is 1. The predicted octanol–water partition coefficient (Wildman–Crippen LogP) is 4.92. The summed E-state index contributed by atoms with van der Waals surface area (Å²) in [5.74, 6) is 0.967. The van der Waals surface area contributed by atoms with E-state index in [1.54, 1.807) is 12.3 Å². The maximum Gasteiger partial charge on any atom is 0.124 e. The SMILES string of the molecule is OC1(c2cccnc2)[C@@H]2CCC[C@H]1CN(Cc1ccccc1OCc1cccc(F)c1)C2. The van der Waals surface area contributed by atoms with Gasteiger partial charge in [-0.2, -0.15) is 0 Å². The lowest BCUT2D eigenvalue weighted by Gasteiger charge is -2.53. The van der Waals surface area contributed by atoms with Crippen LogP contribution in [-0.4, -0.2) is 28.1 Å². The quantitative estimate of drug-likeness (QED) is 0.601. The maximum absolute atomic E-state index is 13.5. The van der Waals surface area contributed by atoms with Crippen molar-refractivity contribution in [2.45, 2.75) is 38.0 Å². The number of para-hydroxylation sites is 1. The second kappa shape index (κ2) is 9.00. The zero-order valence-electron chi connectivity index (χ0n) is 18.2. The first kappa shape index (κ1) is 21.1. The number of ether oxygens (including phenoxy) is 1. The molecule has 4 nitrogen and oxygen atoms in total. The van der Waals surface area contributed by atoms with Crippen LogP contribution in [-0.2, 0) is 18.8 Å². The largest absolute Gasteiger partial charge is 0.489 e. The van der Waals surface area contributed by atoms with Crippen molar-refractivity contribution in [1.82, 2.24) is 9.88 Å². The molecule has 1 N–H and O–H groups in total. The molecule has 3 aromatic rings. The van der Waals surface area contributed by atoms with E-state index < -0.39 is 5.60 Å². The van der Waals surface area contributed by atoms with Crippen molar-refractivity contribution >= 4 is 0 Å². The zero-order valence-corrected chi connectivity index (χ0v) is 18.2. The van der Waals surface area contributed by atoms with Crippen LogP contribution >= 0.6 is 0 Å². The lowest BCUT2D eigenvalue weighted by atomic mass is 9.63. The number of halogens is 1. The highest BCUT2D eigenvalue weighted by Gasteiger charge is 2.51. The number of hydrogen-bond donors (Lipinski definition) is 1. The lowest BCUT2D eigenvalue weighted by molar-refractivity contribution is -0.148. The van der Waals surface area contributed by atoms with E-state index >= 15 is 0 Å². The van der Waals surface area contributed by atoms with Gasteiger partial charge in [0.1, 0.15) is 18.2 Å². The van der Waals surface area contributed by atoms with E-state index in [2.05, 4.69) is 16.0 Å².